The van der Waals surface area contributed by atoms with Crippen LogP contribution in [0.5, 0.6) is 0 Å². The van der Waals surface area contributed by atoms with Crippen LogP contribution < -0.4 is 5.73 Å². The van der Waals surface area contributed by atoms with E-state index in [2.05, 4.69) is 56.4 Å². The molecular formula is C18H31N7. The highest BCUT2D eigenvalue weighted by molar-refractivity contribution is 5.09. The first-order valence-corrected chi connectivity index (χ1v) is 9.35. The smallest absolute Gasteiger partial charge is 0.147 e. The van der Waals surface area contributed by atoms with E-state index in [1.54, 1.807) is 0 Å². The summed E-state index contributed by atoms with van der Waals surface area (Å²) in [5.74, 6) is 2.68. The van der Waals surface area contributed by atoms with E-state index in [9.17, 15) is 0 Å². The van der Waals surface area contributed by atoms with Gasteiger partial charge in [-0.15, -0.1) is 10.2 Å². The largest absolute Gasteiger partial charge is 0.328 e. The molecular weight excluding hydrogens is 314 g/mol. The maximum Gasteiger partial charge on any atom is 0.147 e. The third-order valence-electron chi connectivity index (χ3n) is 5.14. The molecule has 2 aromatic heterocycles. The van der Waals surface area contributed by atoms with Crippen molar-refractivity contribution in [2.45, 2.75) is 71.6 Å². The molecule has 0 amide bonds. The quantitative estimate of drug-likeness (QED) is 0.790. The zero-order valence-corrected chi connectivity index (χ0v) is 15.9. The molecule has 1 aliphatic carbocycles. The summed E-state index contributed by atoms with van der Waals surface area (Å²) in [6.45, 7) is 10.0. The summed E-state index contributed by atoms with van der Waals surface area (Å²) >= 11 is 0. The first-order valence-electron chi connectivity index (χ1n) is 9.35. The summed E-state index contributed by atoms with van der Waals surface area (Å²) in [5, 5.41) is 13.4. The van der Waals surface area contributed by atoms with Crippen molar-refractivity contribution < 1.29 is 0 Å². The summed E-state index contributed by atoms with van der Waals surface area (Å²) in [4.78, 5) is 2.32. The zero-order valence-electron chi connectivity index (χ0n) is 15.9. The highest BCUT2D eigenvalue weighted by Gasteiger charge is 2.32. The minimum Gasteiger partial charge on any atom is -0.328 e. The molecule has 138 valence electrons. The fourth-order valence-electron chi connectivity index (χ4n) is 3.70. The maximum atomic E-state index is 5.93. The number of aromatic nitrogens is 5. The Morgan fingerprint density at radius 3 is 2.64 bits per heavy atom. The highest BCUT2D eigenvalue weighted by atomic mass is 15.3. The minimum atomic E-state index is 0.340. The Balaban J connectivity index is 1.52. The fraction of sp³-hybridized carbons (Fsp3) is 0.722. The van der Waals surface area contributed by atoms with Crippen molar-refractivity contribution in [2.75, 3.05) is 13.6 Å². The van der Waals surface area contributed by atoms with Gasteiger partial charge in [0, 0.05) is 37.3 Å². The van der Waals surface area contributed by atoms with E-state index in [0.717, 1.165) is 62.8 Å². The third-order valence-corrected chi connectivity index (χ3v) is 5.14. The molecule has 0 bridgehead atoms. The second kappa shape index (κ2) is 7.66. The van der Waals surface area contributed by atoms with Crippen LogP contribution in [-0.2, 0) is 19.6 Å². The van der Waals surface area contributed by atoms with Gasteiger partial charge in [-0.1, -0.05) is 0 Å². The van der Waals surface area contributed by atoms with Crippen LogP contribution >= 0.6 is 0 Å². The van der Waals surface area contributed by atoms with Crippen LogP contribution in [0.4, 0.5) is 0 Å². The van der Waals surface area contributed by atoms with Gasteiger partial charge in [0.25, 0.3) is 0 Å². The molecule has 7 heteroatoms. The molecule has 0 radical (unpaired) electrons. The Morgan fingerprint density at radius 2 is 2.04 bits per heavy atom. The van der Waals surface area contributed by atoms with Crippen LogP contribution in [0.25, 0.3) is 0 Å². The topological polar surface area (TPSA) is 77.8 Å². The lowest BCUT2D eigenvalue weighted by molar-refractivity contribution is 0.294. The standard InChI is InChI=1S/C18H31N7/c1-5-24-17(20-21-18(24)15-10-16(19)11-15)12-23(4)7-6-8-25-14(3)9-13(2)22-25/h9,15-16H,5-8,10-12,19H2,1-4H3. The van der Waals surface area contributed by atoms with E-state index >= 15 is 0 Å². The normalized spacial score (nSPS) is 20.2. The number of aryl methyl sites for hydroxylation is 3. The van der Waals surface area contributed by atoms with E-state index < -0.39 is 0 Å². The van der Waals surface area contributed by atoms with E-state index in [0.29, 0.717) is 12.0 Å². The molecule has 0 atom stereocenters. The molecule has 25 heavy (non-hydrogen) atoms. The number of rotatable bonds is 8. The van der Waals surface area contributed by atoms with E-state index in [4.69, 9.17) is 5.73 Å². The van der Waals surface area contributed by atoms with Crippen molar-refractivity contribution in [3.8, 4) is 0 Å². The molecule has 7 nitrogen and oxygen atoms in total. The number of hydrogen-bond acceptors (Lipinski definition) is 5. The van der Waals surface area contributed by atoms with Gasteiger partial charge in [0.1, 0.15) is 11.6 Å². The number of nitrogens with zero attached hydrogens (tertiary/aromatic N) is 6. The van der Waals surface area contributed by atoms with Crippen molar-refractivity contribution in [3.63, 3.8) is 0 Å². The Bertz CT molecular complexity index is 696. The predicted octanol–water partition coefficient (Wildman–Crippen LogP) is 1.84. The number of hydrogen-bond donors (Lipinski definition) is 1. The van der Waals surface area contributed by atoms with E-state index in [-0.39, 0.29) is 0 Å². The lowest BCUT2D eigenvalue weighted by Crippen LogP contribution is -2.36. The lowest BCUT2D eigenvalue weighted by atomic mass is 9.80. The molecule has 0 aliphatic heterocycles. The van der Waals surface area contributed by atoms with Gasteiger partial charge in [-0.25, -0.2) is 0 Å². The third kappa shape index (κ3) is 4.10. The van der Waals surface area contributed by atoms with Crippen molar-refractivity contribution in [1.29, 1.82) is 0 Å². The van der Waals surface area contributed by atoms with Crippen molar-refractivity contribution in [2.24, 2.45) is 5.73 Å². The molecule has 0 unspecified atom stereocenters. The molecule has 2 N–H and O–H groups in total. The monoisotopic (exact) mass is 345 g/mol. The molecule has 1 saturated carbocycles. The minimum absolute atomic E-state index is 0.340. The van der Waals surface area contributed by atoms with Gasteiger partial charge in [0.05, 0.1) is 12.2 Å². The fourth-order valence-corrected chi connectivity index (χ4v) is 3.70. The first-order chi connectivity index (χ1) is 12.0. The van der Waals surface area contributed by atoms with Crippen LogP contribution in [0, 0.1) is 13.8 Å². The van der Waals surface area contributed by atoms with Crippen LogP contribution in [0.1, 0.15) is 55.1 Å². The lowest BCUT2D eigenvalue weighted by Gasteiger charge is -2.31. The van der Waals surface area contributed by atoms with Crippen LogP contribution in [0.2, 0.25) is 0 Å². The Morgan fingerprint density at radius 1 is 1.28 bits per heavy atom. The average Bonchev–Trinajstić information content (AvgIpc) is 3.06. The molecule has 0 saturated heterocycles. The molecule has 2 heterocycles. The predicted molar refractivity (Wildman–Crippen MR) is 98.3 cm³/mol. The Kier molecular flexibility index (Phi) is 5.54. The van der Waals surface area contributed by atoms with Gasteiger partial charge in [-0.05, 0) is 53.1 Å². The second-order valence-electron chi connectivity index (χ2n) is 7.39. The zero-order chi connectivity index (χ0) is 18.0. The SMILES string of the molecule is CCn1c(CN(C)CCCn2nc(C)cc2C)nnc1C1CC(N)C1. The molecule has 1 fully saturated rings. The first kappa shape index (κ1) is 18.1. The second-order valence-corrected chi connectivity index (χ2v) is 7.39. The average molecular weight is 345 g/mol. The summed E-state index contributed by atoms with van der Waals surface area (Å²) < 4.78 is 4.36. The van der Waals surface area contributed by atoms with E-state index in [1.807, 2.05) is 6.92 Å². The molecule has 3 rings (SSSR count). The summed E-state index contributed by atoms with van der Waals surface area (Å²) in [5.41, 5.74) is 8.25. The van der Waals surface area contributed by atoms with Crippen LogP contribution in [0.3, 0.4) is 0 Å². The van der Waals surface area contributed by atoms with Gasteiger partial charge in [-0.3, -0.25) is 9.58 Å². The van der Waals surface area contributed by atoms with Crippen LogP contribution in [0.15, 0.2) is 6.07 Å². The molecule has 2 aromatic rings. The Hall–Kier alpha value is -1.73. The maximum absolute atomic E-state index is 5.93. The summed E-state index contributed by atoms with van der Waals surface area (Å²) in [6.07, 6.45) is 3.15. The van der Waals surface area contributed by atoms with Gasteiger partial charge in [0.15, 0.2) is 0 Å². The van der Waals surface area contributed by atoms with Gasteiger partial charge >= 0.3 is 0 Å². The van der Waals surface area contributed by atoms with Crippen molar-refractivity contribution >= 4 is 0 Å². The van der Waals surface area contributed by atoms with Gasteiger partial charge in [-0.2, -0.15) is 5.10 Å². The van der Waals surface area contributed by atoms with Crippen molar-refractivity contribution in [3.05, 3.63) is 29.1 Å². The van der Waals surface area contributed by atoms with Gasteiger partial charge in [0.2, 0.25) is 0 Å². The number of nitrogens with two attached hydrogens (primary N) is 1. The molecule has 0 aromatic carbocycles. The summed E-state index contributed by atoms with van der Waals surface area (Å²) in [7, 11) is 2.15. The van der Waals surface area contributed by atoms with Gasteiger partial charge < -0.3 is 10.3 Å². The molecule has 1 aliphatic rings. The van der Waals surface area contributed by atoms with E-state index in [1.165, 1.54) is 5.69 Å². The Labute approximate surface area is 150 Å². The van der Waals surface area contributed by atoms with Crippen LogP contribution in [-0.4, -0.2) is 49.1 Å². The highest BCUT2D eigenvalue weighted by Crippen LogP contribution is 2.34. The summed E-state index contributed by atoms with van der Waals surface area (Å²) in [6, 6.07) is 2.47. The van der Waals surface area contributed by atoms with Crippen molar-refractivity contribution in [1.82, 2.24) is 29.4 Å². The molecule has 0 spiro atoms.